The van der Waals surface area contributed by atoms with E-state index < -0.39 is 0 Å². The van der Waals surface area contributed by atoms with Crippen molar-refractivity contribution in [1.29, 1.82) is 0 Å². The molecular formula is C24H28N2O3. The Balaban J connectivity index is 1.34. The molecule has 1 heterocycles. The Morgan fingerprint density at radius 3 is 2.21 bits per heavy atom. The summed E-state index contributed by atoms with van der Waals surface area (Å²) in [6.45, 7) is 2.30. The highest BCUT2D eigenvalue weighted by Gasteiger charge is 2.36. The van der Waals surface area contributed by atoms with E-state index in [9.17, 15) is 9.59 Å². The minimum Gasteiger partial charge on any atom is -0.497 e. The summed E-state index contributed by atoms with van der Waals surface area (Å²) in [4.78, 5) is 28.8. The third-order valence-electron chi connectivity index (χ3n) is 5.96. The van der Waals surface area contributed by atoms with Gasteiger partial charge in [0.25, 0.3) is 5.91 Å². The molecular weight excluding hydrogens is 364 g/mol. The van der Waals surface area contributed by atoms with Crippen LogP contribution in [-0.2, 0) is 4.79 Å². The maximum absolute atomic E-state index is 12.8. The molecule has 1 atom stereocenters. The van der Waals surface area contributed by atoms with Crippen LogP contribution in [0.4, 0.5) is 0 Å². The van der Waals surface area contributed by atoms with Gasteiger partial charge in [0, 0.05) is 38.2 Å². The minimum absolute atomic E-state index is 0.0262. The van der Waals surface area contributed by atoms with Crippen molar-refractivity contribution in [1.82, 2.24) is 9.80 Å². The van der Waals surface area contributed by atoms with E-state index in [0.717, 1.165) is 49.2 Å². The van der Waals surface area contributed by atoms with Crippen LogP contribution in [0.1, 0.15) is 29.6 Å². The van der Waals surface area contributed by atoms with Crippen molar-refractivity contribution in [2.75, 3.05) is 33.8 Å². The molecule has 2 aromatic rings. The molecule has 1 saturated heterocycles. The molecule has 152 valence electrons. The number of likely N-dealkylation sites (tertiary alicyclic amines) is 1. The smallest absolute Gasteiger partial charge is 0.253 e. The molecule has 1 aliphatic carbocycles. The normalized spacial score (nSPS) is 18.6. The molecule has 1 saturated carbocycles. The van der Waals surface area contributed by atoms with E-state index in [-0.39, 0.29) is 11.8 Å². The lowest BCUT2D eigenvalue weighted by atomic mass is 10.0. The summed E-state index contributed by atoms with van der Waals surface area (Å²) in [5.74, 6) is 1.81. The van der Waals surface area contributed by atoms with Gasteiger partial charge in [-0.05, 0) is 60.6 Å². The monoisotopic (exact) mass is 392 g/mol. The van der Waals surface area contributed by atoms with Crippen LogP contribution in [0.2, 0.25) is 0 Å². The average molecular weight is 392 g/mol. The van der Waals surface area contributed by atoms with Crippen molar-refractivity contribution in [3.05, 3.63) is 54.1 Å². The second-order valence-corrected chi connectivity index (χ2v) is 8.20. The molecule has 29 heavy (non-hydrogen) atoms. The van der Waals surface area contributed by atoms with Crippen molar-refractivity contribution in [3.8, 4) is 16.9 Å². The van der Waals surface area contributed by atoms with Crippen molar-refractivity contribution < 1.29 is 14.3 Å². The van der Waals surface area contributed by atoms with Gasteiger partial charge in [-0.25, -0.2) is 0 Å². The van der Waals surface area contributed by atoms with Gasteiger partial charge in [0.15, 0.2) is 0 Å². The Labute approximate surface area is 172 Å². The van der Waals surface area contributed by atoms with E-state index in [0.29, 0.717) is 23.9 Å². The predicted octanol–water partition coefficient (Wildman–Crippen LogP) is 3.69. The van der Waals surface area contributed by atoms with Crippen LogP contribution in [0.25, 0.3) is 11.1 Å². The number of carbonyl (C=O) groups is 2. The molecule has 5 nitrogen and oxygen atoms in total. The van der Waals surface area contributed by atoms with E-state index in [1.807, 2.05) is 60.5 Å². The molecule has 0 N–H and O–H groups in total. The standard InChI is InChI=1S/C24H28N2O3/c1-25(15-17-13-14-26(16-17)24(28)21-7-8-21)23(27)20-5-3-18(4-6-20)19-9-11-22(29-2)12-10-19/h3-6,9-12,17,21H,7-8,13-16H2,1-2H3/t17-/m0/s1. The predicted molar refractivity (Wildman–Crippen MR) is 113 cm³/mol. The molecule has 0 bridgehead atoms. The number of rotatable bonds is 6. The number of ether oxygens (including phenoxy) is 1. The van der Waals surface area contributed by atoms with Crippen LogP contribution in [-0.4, -0.2) is 55.4 Å². The van der Waals surface area contributed by atoms with Crippen LogP contribution < -0.4 is 4.74 Å². The molecule has 2 aromatic carbocycles. The fourth-order valence-corrected chi connectivity index (χ4v) is 4.05. The van der Waals surface area contributed by atoms with Crippen molar-refractivity contribution in [2.24, 2.45) is 11.8 Å². The first-order valence-electron chi connectivity index (χ1n) is 10.3. The summed E-state index contributed by atoms with van der Waals surface area (Å²) >= 11 is 0. The quantitative estimate of drug-likeness (QED) is 0.753. The number of amides is 2. The summed E-state index contributed by atoms with van der Waals surface area (Å²) < 4.78 is 5.20. The maximum atomic E-state index is 12.8. The first kappa shape index (κ1) is 19.5. The molecule has 2 amide bonds. The Bertz CT molecular complexity index is 872. The van der Waals surface area contributed by atoms with Crippen molar-refractivity contribution in [3.63, 3.8) is 0 Å². The lowest BCUT2D eigenvalue weighted by Gasteiger charge is -2.22. The molecule has 4 rings (SSSR count). The molecule has 0 aromatic heterocycles. The Morgan fingerprint density at radius 1 is 1.00 bits per heavy atom. The summed E-state index contributed by atoms with van der Waals surface area (Å²) in [7, 11) is 3.51. The molecule has 5 heteroatoms. The van der Waals surface area contributed by atoms with Gasteiger partial charge in [-0.1, -0.05) is 24.3 Å². The molecule has 0 unspecified atom stereocenters. The molecule has 1 aliphatic heterocycles. The molecule has 2 aliphatic rings. The largest absolute Gasteiger partial charge is 0.497 e. The van der Waals surface area contributed by atoms with Crippen LogP contribution in [0, 0.1) is 11.8 Å². The van der Waals surface area contributed by atoms with Gasteiger partial charge in [-0.2, -0.15) is 0 Å². The maximum Gasteiger partial charge on any atom is 0.253 e. The summed E-state index contributed by atoms with van der Waals surface area (Å²) in [5.41, 5.74) is 2.84. The van der Waals surface area contributed by atoms with E-state index in [4.69, 9.17) is 4.74 Å². The van der Waals surface area contributed by atoms with Crippen LogP contribution in [0.15, 0.2) is 48.5 Å². The number of nitrogens with zero attached hydrogens (tertiary/aromatic N) is 2. The van der Waals surface area contributed by atoms with Gasteiger partial charge in [-0.15, -0.1) is 0 Å². The molecule has 2 fully saturated rings. The fraction of sp³-hybridized carbons (Fsp3) is 0.417. The van der Waals surface area contributed by atoms with Crippen LogP contribution in [0.3, 0.4) is 0 Å². The van der Waals surface area contributed by atoms with Gasteiger partial charge in [-0.3, -0.25) is 9.59 Å². The summed E-state index contributed by atoms with van der Waals surface area (Å²) in [6.07, 6.45) is 3.07. The third kappa shape index (κ3) is 4.44. The number of hydrogen-bond acceptors (Lipinski definition) is 3. The Morgan fingerprint density at radius 2 is 1.62 bits per heavy atom. The summed E-state index contributed by atoms with van der Waals surface area (Å²) in [6, 6.07) is 15.6. The van der Waals surface area contributed by atoms with Crippen molar-refractivity contribution in [2.45, 2.75) is 19.3 Å². The lowest BCUT2D eigenvalue weighted by Crippen LogP contribution is -2.34. The second-order valence-electron chi connectivity index (χ2n) is 8.20. The number of methoxy groups -OCH3 is 1. The van der Waals surface area contributed by atoms with Crippen LogP contribution in [0.5, 0.6) is 5.75 Å². The Kier molecular flexibility index (Phi) is 5.56. The highest BCUT2D eigenvalue weighted by Crippen LogP contribution is 2.33. The van der Waals surface area contributed by atoms with E-state index in [1.54, 1.807) is 12.0 Å². The first-order valence-corrected chi connectivity index (χ1v) is 10.3. The average Bonchev–Trinajstić information content (AvgIpc) is 3.51. The number of benzene rings is 2. The molecule has 0 spiro atoms. The van der Waals surface area contributed by atoms with Gasteiger partial charge >= 0.3 is 0 Å². The van der Waals surface area contributed by atoms with Gasteiger partial charge in [0.2, 0.25) is 5.91 Å². The number of carbonyl (C=O) groups excluding carboxylic acids is 2. The van der Waals surface area contributed by atoms with E-state index >= 15 is 0 Å². The van der Waals surface area contributed by atoms with Crippen LogP contribution >= 0.6 is 0 Å². The minimum atomic E-state index is 0.0262. The summed E-state index contributed by atoms with van der Waals surface area (Å²) in [5, 5.41) is 0. The van der Waals surface area contributed by atoms with Gasteiger partial charge < -0.3 is 14.5 Å². The highest BCUT2D eigenvalue weighted by atomic mass is 16.5. The highest BCUT2D eigenvalue weighted by molar-refractivity contribution is 5.94. The van der Waals surface area contributed by atoms with E-state index in [2.05, 4.69) is 0 Å². The molecule has 0 radical (unpaired) electrons. The van der Waals surface area contributed by atoms with Gasteiger partial charge in [0.1, 0.15) is 5.75 Å². The zero-order valence-corrected chi connectivity index (χ0v) is 17.1. The lowest BCUT2D eigenvalue weighted by molar-refractivity contribution is -0.131. The Hall–Kier alpha value is -2.82. The number of hydrogen-bond donors (Lipinski definition) is 0. The second kappa shape index (κ2) is 8.27. The zero-order chi connectivity index (χ0) is 20.4. The third-order valence-corrected chi connectivity index (χ3v) is 5.96. The first-order chi connectivity index (χ1) is 14.0. The fourth-order valence-electron chi connectivity index (χ4n) is 4.05. The SMILES string of the molecule is COc1ccc(-c2ccc(C(=O)N(C)C[C@@H]3CCN(C(=O)C4CC4)C3)cc2)cc1. The van der Waals surface area contributed by atoms with Gasteiger partial charge in [0.05, 0.1) is 7.11 Å². The van der Waals surface area contributed by atoms with Crippen molar-refractivity contribution >= 4 is 11.8 Å². The topological polar surface area (TPSA) is 49.9 Å². The zero-order valence-electron chi connectivity index (χ0n) is 17.1. The van der Waals surface area contributed by atoms with E-state index in [1.165, 1.54) is 0 Å².